The fourth-order valence-electron chi connectivity index (χ4n) is 10.5. The van der Waals surface area contributed by atoms with Crippen LogP contribution < -0.4 is 16.1 Å². The molecule has 12 nitrogen and oxygen atoms in total. The third-order valence-electron chi connectivity index (χ3n) is 13.6. The Bertz CT molecular complexity index is 2220. The van der Waals surface area contributed by atoms with Gasteiger partial charge in [-0.2, -0.15) is 0 Å². The minimum absolute atomic E-state index is 0.220. The summed E-state index contributed by atoms with van der Waals surface area (Å²) in [7, 11) is -2.61. The van der Waals surface area contributed by atoms with Crippen LogP contribution in [0.3, 0.4) is 0 Å². The highest BCUT2D eigenvalue weighted by molar-refractivity contribution is 7.03. The first-order chi connectivity index (χ1) is 27.6. The minimum Gasteiger partial charge on any atom is -0.441 e. The van der Waals surface area contributed by atoms with Crippen molar-refractivity contribution in [3.05, 3.63) is 118 Å². The molecule has 0 aromatic heterocycles. The third kappa shape index (κ3) is 5.39. The van der Waals surface area contributed by atoms with Gasteiger partial charge in [-0.05, 0) is 58.6 Å². The number of carbonyl (C=O) groups is 6. The summed E-state index contributed by atoms with van der Waals surface area (Å²) in [6, 6.07) is 19.8. The number of nitrogens with zero attached hydrogens (tertiary/aromatic N) is 4. The number of rotatable bonds is 9. The van der Waals surface area contributed by atoms with E-state index in [1.807, 2.05) is 0 Å². The summed E-state index contributed by atoms with van der Waals surface area (Å²) in [5, 5.41) is 2.36. The monoisotopic (exact) mass is 781 g/mol. The van der Waals surface area contributed by atoms with Crippen LogP contribution in [0.5, 0.6) is 0 Å². The number of hydrogen-bond acceptors (Lipinski definition) is 9. The first-order valence-corrected chi connectivity index (χ1v) is 22.5. The number of nitrogens with two attached hydrogens (primary N) is 1. The highest BCUT2D eigenvalue weighted by Crippen LogP contribution is 2.51. The zero-order valence-corrected chi connectivity index (χ0v) is 32.6. The molecule has 3 fully saturated rings. The summed E-state index contributed by atoms with van der Waals surface area (Å²) in [5.41, 5.74) is 9.36. The predicted octanol–water partition coefficient (Wildman–Crippen LogP) is 2.31. The van der Waals surface area contributed by atoms with Crippen LogP contribution >= 0.6 is 0 Å². The average Bonchev–Trinajstić information content (AvgIpc) is 3.79. The number of fused-ring (bicyclic) bond motifs is 8. The second kappa shape index (κ2) is 13.3. The first-order valence-electron chi connectivity index (χ1n) is 20.1. The van der Waals surface area contributed by atoms with E-state index in [1.165, 1.54) is 50.5 Å². The zero-order chi connectivity index (χ0) is 39.2. The van der Waals surface area contributed by atoms with Crippen molar-refractivity contribution in [2.75, 3.05) is 26.2 Å². The van der Waals surface area contributed by atoms with Gasteiger partial charge in [-0.1, -0.05) is 61.7 Å². The van der Waals surface area contributed by atoms with E-state index in [0.29, 0.717) is 24.0 Å². The number of hydrogen-bond donors (Lipinski definition) is 1. The van der Waals surface area contributed by atoms with Gasteiger partial charge in [-0.15, -0.1) is 0 Å². The van der Waals surface area contributed by atoms with Gasteiger partial charge < -0.3 is 10.5 Å². The Morgan fingerprint density at radius 2 is 1.11 bits per heavy atom. The molecule has 0 saturated carbocycles. The summed E-state index contributed by atoms with van der Waals surface area (Å²) in [4.78, 5) is 85.6. The van der Waals surface area contributed by atoms with Gasteiger partial charge >= 0.3 is 5.97 Å². The molecule has 0 radical (unpaired) electrons. The zero-order valence-electron chi connectivity index (χ0n) is 31.6. The molecule has 2 spiro atoms. The van der Waals surface area contributed by atoms with Gasteiger partial charge in [-0.25, -0.2) is 4.79 Å². The molecule has 3 aromatic carbocycles. The maximum absolute atomic E-state index is 14.0. The molecule has 5 amide bonds. The lowest BCUT2D eigenvalue weighted by molar-refractivity contribution is -0.147. The average molecular weight is 782 g/mol. The van der Waals surface area contributed by atoms with E-state index < -0.39 is 37.9 Å². The Kier molecular flexibility index (Phi) is 8.36. The molecule has 7 aliphatic rings. The van der Waals surface area contributed by atoms with Gasteiger partial charge in [0.15, 0.2) is 5.60 Å². The molecule has 57 heavy (non-hydrogen) atoms. The summed E-state index contributed by atoms with van der Waals surface area (Å²) in [6.07, 6.45) is 10.7. The number of imide groups is 2. The van der Waals surface area contributed by atoms with Gasteiger partial charge in [0.1, 0.15) is 8.07 Å². The maximum atomic E-state index is 14.0. The third-order valence-corrected chi connectivity index (χ3v) is 18.9. The Morgan fingerprint density at radius 1 is 0.632 bits per heavy atom. The van der Waals surface area contributed by atoms with Crippen molar-refractivity contribution in [2.45, 2.75) is 75.0 Å². The number of amides is 5. The molecule has 0 aliphatic carbocycles. The van der Waals surface area contributed by atoms with Crippen molar-refractivity contribution in [1.29, 1.82) is 0 Å². The second-order valence-electron chi connectivity index (χ2n) is 16.5. The van der Waals surface area contributed by atoms with Crippen molar-refractivity contribution in [1.82, 2.24) is 19.6 Å². The van der Waals surface area contributed by atoms with Gasteiger partial charge in [0.25, 0.3) is 23.6 Å². The summed E-state index contributed by atoms with van der Waals surface area (Å²) in [6.45, 7) is 3.20. The van der Waals surface area contributed by atoms with Crippen molar-refractivity contribution in [3.8, 4) is 0 Å². The number of carbonyl (C=O) groups excluding carboxylic acids is 6. The van der Waals surface area contributed by atoms with E-state index in [-0.39, 0.29) is 29.2 Å². The van der Waals surface area contributed by atoms with Crippen molar-refractivity contribution in [2.24, 2.45) is 5.73 Å². The smallest absolute Gasteiger partial charge is 0.340 e. The molecular formula is C44H43N5O7Si. The molecule has 3 saturated heterocycles. The molecular weight excluding hydrogens is 739 g/mol. The molecule has 3 aromatic rings. The number of ether oxygens (including phenoxy) is 1. The Balaban J connectivity index is 1.15. The second-order valence-corrected chi connectivity index (χ2v) is 20.7. The van der Waals surface area contributed by atoms with Crippen LogP contribution in [0.15, 0.2) is 78.9 Å². The molecule has 7 aliphatic heterocycles. The molecule has 13 heteroatoms. The van der Waals surface area contributed by atoms with E-state index in [4.69, 9.17) is 10.5 Å². The fourth-order valence-corrected chi connectivity index (χ4v) is 16.3. The van der Waals surface area contributed by atoms with E-state index in [9.17, 15) is 28.8 Å². The number of primary amides is 1. The van der Waals surface area contributed by atoms with Gasteiger partial charge in [0.05, 0.1) is 17.9 Å². The minimum atomic E-state index is -2.61. The molecule has 2 N–H and O–H groups in total. The Morgan fingerprint density at radius 3 is 1.54 bits per heavy atom. The number of likely N-dealkylation sites (tertiary alicyclic amines) is 2. The molecule has 10 rings (SSSR count). The molecule has 2 atom stereocenters. The standard InChI is InChI=1S/C44H43N5O7Si/c45-42(54)29-8-11-31-30(26-29)43(55)56-44(31)32-9-6-27(24-36(46-16-4-17-46)48-38(50)12-13-39(48)51)22-34(32)57(20-2-1-3-21-57)35-23-28(7-10-33(35)44)25-37(47-18-5-19-47)49-40(52)14-15-41(49)53/h6-15,22-23,26,36-37H,1-5,16-21,24-25H2,(H2,45,54). The molecule has 0 bridgehead atoms. The molecule has 290 valence electrons. The van der Waals surface area contributed by atoms with E-state index >= 15 is 0 Å². The molecule has 2 unspecified atom stereocenters. The van der Waals surface area contributed by atoms with E-state index in [1.54, 1.807) is 12.1 Å². The van der Waals surface area contributed by atoms with E-state index in [2.05, 4.69) is 46.2 Å². The first kappa shape index (κ1) is 35.9. The normalized spacial score (nSPS) is 24.4. The number of benzene rings is 3. The van der Waals surface area contributed by atoms with Crippen molar-refractivity contribution < 1.29 is 33.5 Å². The fraction of sp³-hybridized carbons (Fsp3) is 0.364. The van der Waals surface area contributed by atoms with Crippen LogP contribution in [-0.4, -0.2) is 102 Å². The molecule has 7 heterocycles. The van der Waals surface area contributed by atoms with Crippen LogP contribution in [0.4, 0.5) is 0 Å². The van der Waals surface area contributed by atoms with Crippen LogP contribution in [-0.2, 0) is 42.4 Å². The van der Waals surface area contributed by atoms with Crippen LogP contribution in [0.25, 0.3) is 0 Å². The Hall–Kier alpha value is -5.50. The predicted molar refractivity (Wildman–Crippen MR) is 211 cm³/mol. The lowest BCUT2D eigenvalue weighted by atomic mass is 9.78. The topological polar surface area (TPSA) is 151 Å². The van der Waals surface area contributed by atoms with Crippen LogP contribution in [0, 0.1) is 0 Å². The SMILES string of the molecule is NC(=O)c1ccc2c(c1)C(=O)OC21c2ccc(CC(N3CCC3)N3C(=O)C=CC3=O)cc2[Si]2(CCCCC2)c2cc(CC(N3CCC3)N3C(=O)C=CC3=O)ccc21. The lowest BCUT2D eigenvalue weighted by Crippen LogP contribution is -2.67. The van der Waals surface area contributed by atoms with Crippen LogP contribution in [0.2, 0.25) is 12.1 Å². The van der Waals surface area contributed by atoms with Crippen molar-refractivity contribution >= 4 is 54.0 Å². The number of esters is 1. The largest absolute Gasteiger partial charge is 0.441 e. The van der Waals surface area contributed by atoms with Crippen LogP contribution in [0.1, 0.15) is 80.6 Å². The lowest BCUT2D eigenvalue weighted by Gasteiger charge is -2.49. The van der Waals surface area contributed by atoms with Gasteiger partial charge in [0.2, 0.25) is 5.91 Å². The van der Waals surface area contributed by atoms with E-state index in [0.717, 1.165) is 92.6 Å². The summed E-state index contributed by atoms with van der Waals surface area (Å²) in [5.74, 6) is -2.38. The summed E-state index contributed by atoms with van der Waals surface area (Å²) < 4.78 is 6.68. The quantitative estimate of drug-likeness (QED) is 0.196. The highest BCUT2D eigenvalue weighted by Gasteiger charge is 2.58. The van der Waals surface area contributed by atoms with Crippen molar-refractivity contribution in [3.63, 3.8) is 0 Å². The maximum Gasteiger partial charge on any atom is 0.340 e. The highest BCUT2D eigenvalue weighted by atomic mass is 28.3. The van der Waals surface area contributed by atoms with Gasteiger partial charge in [0, 0.05) is 85.6 Å². The summed E-state index contributed by atoms with van der Waals surface area (Å²) >= 11 is 0. The van der Waals surface area contributed by atoms with Gasteiger partial charge in [-0.3, -0.25) is 43.6 Å². The Labute approximate surface area is 330 Å².